The van der Waals surface area contributed by atoms with Crippen molar-refractivity contribution in [2.75, 3.05) is 17.2 Å². The number of aromatic nitrogens is 2. The molecule has 0 spiro atoms. The van der Waals surface area contributed by atoms with Crippen molar-refractivity contribution < 1.29 is 13.2 Å². The molecule has 1 saturated carbocycles. The molecule has 12 heteroatoms. The van der Waals surface area contributed by atoms with Gasteiger partial charge in [0.25, 0.3) is 6.43 Å². The second-order valence-corrected chi connectivity index (χ2v) is 12.7. The standard InChI is InChI=1S/C33H33F2N9O/c1-19-23(27-15-38-18-45-27)6-5-7-24(19)30(26-16-44(43-42-26)33(8-9-33)31(34)35)41-22-10-20(12-36)28-25(11-22)29(21(13-37)14-39-28)40-17-32(2,3)4/h5-7,10-11,14-16,18,30-31,41-43H,8-9,17H2,1-4H3,(H,39,40)/t30-/m0/s1. The molecule has 10 nitrogen and oxygen atoms in total. The van der Waals surface area contributed by atoms with E-state index in [2.05, 4.69) is 64.5 Å². The van der Waals surface area contributed by atoms with Gasteiger partial charge >= 0.3 is 0 Å². The van der Waals surface area contributed by atoms with Crippen LogP contribution in [-0.2, 0) is 0 Å². The Morgan fingerprint density at radius 3 is 2.56 bits per heavy atom. The Kier molecular flexibility index (Phi) is 7.55. The van der Waals surface area contributed by atoms with Gasteiger partial charge in [-0.25, -0.2) is 13.8 Å². The minimum Gasteiger partial charge on any atom is -0.444 e. The van der Waals surface area contributed by atoms with Crippen LogP contribution in [0.4, 0.5) is 20.2 Å². The molecular formula is C33H33F2N9O. The van der Waals surface area contributed by atoms with Gasteiger partial charge in [0.15, 0.2) is 12.2 Å². The maximum Gasteiger partial charge on any atom is 0.262 e. The fourth-order valence-electron chi connectivity index (χ4n) is 5.58. The van der Waals surface area contributed by atoms with Crippen molar-refractivity contribution in [3.63, 3.8) is 0 Å². The van der Waals surface area contributed by atoms with Crippen LogP contribution in [0.25, 0.3) is 22.2 Å². The number of anilines is 2. The molecule has 0 unspecified atom stereocenters. The molecule has 2 aliphatic rings. The lowest BCUT2D eigenvalue weighted by Crippen LogP contribution is -2.48. The Labute approximate surface area is 259 Å². The van der Waals surface area contributed by atoms with E-state index < -0.39 is 18.0 Å². The summed E-state index contributed by atoms with van der Waals surface area (Å²) in [5.41, 5.74) is 10.2. The molecular weight excluding hydrogens is 576 g/mol. The summed E-state index contributed by atoms with van der Waals surface area (Å²) in [6.45, 7) is 8.80. The monoisotopic (exact) mass is 609 g/mol. The zero-order valence-corrected chi connectivity index (χ0v) is 25.4. The van der Waals surface area contributed by atoms with Gasteiger partial charge in [0.2, 0.25) is 0 Å². The van der Waals surface area contributed by atoms with Gasteiger partial charge in [-0.1, -0.05) is 39.0 Å². The molecule has 0 saturated heterocycles. The molecule has 1 aliphatic carbocycles. The highest BCUT2D eigenvalue weighted by atomic mass is 19.3. The van der Waals surface area contributed by atoms with Gasteiger partial charge in [0.05, 0.1) is 40.3 Å². The summed E-state index contributed by atoms with van der Waals surface area (Å²) in [4.78, 5) is 8.52. The first-order valence-corrected chi connectivity index (χ1v) is 14.6. The van der Waals surface area contributed by atoms with Crippen LogP contribution < -0.4 is 21.6 Å². The van der Waals surface area contributed by atoms with Gasteiger partial charge in [-0.15, -0.1) is 5.53 Å². The second kappa shape index (κ2) is 11.4. The lowest BCUT2D eigenvalue weighted by molar-refractivity contribution is 0.00911. The zero-order valence-electron chi connectivity index (χ0n) is 25.4. The minimum absolute atomic E-state index is 0.0793. The molecule has 0 radical (unpaired) electrons. The lowest BCUT2D eigenvalue weighted by Gasteiger charge is -2.25. The van der Waals surface area contributed by atoms with E-state index in [9.17, 15) is 19.3 Å². The average Bonchev–Trinajstić information content (AvgIpc) is 3.39. The van der Waals surface area contributed by atoms with Crippen molar-refractivity contribution in [1.82, 2.24) is 25.9 Å². The molecule has 1 atom stereocenters. The van der Waals surface area contributed by atoms with E-state index in [0.29, 0.717) is 64.2 Å². The summed E-state index contributed by atoms with van der Waals surface area (Å²) in [6, 6.07) is 13.3. The van der Waals surface area contributed by atoms with Crippen molar-refractivity contribution in [1.29, 1.82) is 10.5 Å². The lowest BCUT2D eigenvalue weighted by atomic mass is 9.93. The molecule has 0 bridgehead atoms. The molecule has 4 N–H and O–H groups in total. The van der Waals surface area contributed by atoms with Gasteiger partial charge in [-0.05, 0) is 48.4 Å². The van der Waals surface area contributed by atoms with E-state index in [1.54, 1.807) is 18.5 Å². The molecule has 1 fully saturated rings. The quantitative estimate of drug-likeness (QED) is 0.166. The van der Waals surface area contributed by atoms with Crippen LogP contribution in [0.3, 0.4) is 0 Å². The summed E-state index contributed by atoms with van der Waals surface area (Å²) in [6.07, 6.45) is 4.38. The van der Waals surface area contributed by atoms with Crippen LogP contribution in [-0.4, -0.2) is 33.5 Å². The number of alkyl halides is 2. The number of halogens is 2. The summed E-state index contributed by atoms with van der Waals surface area (Å²) in [5.74, 6) is 0.595. The maximum absolute atomic E-state index is 14.0. The first-order chi connectivity index (χ1) is 21.5. The number of rotatable bonds is 9. The Hall–Kier alpha value is -5.20. The second-order valence-electron chi connectivity index (χ2n) is 12.7. The number of nitrogens with one attached hydrogen (secondary N) is 4. The highest BCUT2D eigenvalue weighted by Crippen LogP contribution is 2.47. The Morgan fingerprint density at radius 2 is 1.91 bits per heavy atom. The van der Waals surface area contributed by atoms with Crippen LogP contribution in [0.15, 0.2) is 65.4 Å². The average molecular weight is 610 g/mol. The predicted octanol–water partition coefficient (Wildman–Crippen LogP) is 6.52. The van der Waals surface area contributed by atoms with Crippen LogP contribution in [0.1, 0.15) is 61.9 Å². The number of pyridine rings is 1. The van der Waals surface area contributed by atoms with Gasteiger partial charge in [-0.3, -0.25) is 9.99 Å². The first-order valence-electron chi connectivity index (χ1n) is 14.6. The largest absolute Gasteiger partial charge is 0.444 e. The summed E-state index contributed by atoms with van der Waals surface area (Å²) < 4.78 is 33.7. The molecule has 230 valence electrons. The Balaban J connectivity index is 1.48. The third kappa shape index (κ3) is 5.61. The number of hydrogen-bond acceptors (Lipinski definition) is 10. The van der Waals surface area contributed by atoms with E-state index >= 15 is 0 Å². The number of fused-ring (bicyclic) bond motifs is 1. The van der Waals surface area contributed by atoms with E-state index in [1.807, 2.05) is 31.2 Å². The number of benzene rings is 2. The normalized spacial score (nSPS) is 16.1. The van der Waals surface area contributed by atoms with E-state index in [-0.39, 0.29) is 5.41 Å². The molecule has 2 aromatic carbocycles. The van der Waals surface area contributed by atoms with Crippen molar-refractivity contribution >= 4 is 22.3 Å². The van der Waals surface area contributed by atoms with Gasteiger partial charge in [-0.2, -0.15) is 10.5 Å². The highest BCUT2D eigenvalue weighted by Gasteiger charge is 2.56. The van der Waals surface area contributed by atoms with Crippen LogP contribution >= 0.6 is 0 Å². The molecule has 0 amide bonds. The van der Waals surface area contributed by atoms with Gasteiger partial charge in [0, 0.05) is 35.6 Å². The third-order valence-corrected chi connectivity index (χ3v) is 8.25. The molecule has 1 aliphatic heterocycles. The van der Waals surface area contributed by atoms with Crippen LogP contribution in [0.2, 0.25) is 0 Å². The van der Waals surface area contributed by atoms with E-state index in [1.165, 1.54) is 17.6 Å². The van der Waals surface area contributed by atoms with E-state index in [4.69, 9.17) is 4.42 Å². The van der Waals surface area contributed by atoms with Crippen LogP contribution in [0.5, 0.6) is 0 Å². The first kappa shape index (κ1) is 29.9. The summed E-state index contributed by atoms with van der Waals surface area (Å²) in [7, 11) is 0. The highest BCUT2D eigenvalue weighted by molar-refractivity contribution is 5.99. The summed E-state index contributed by atoms with van der Waals surface area (Å²) in [5, 5.41) is 29.1. The number of hydrazine groups is 2. The topological polar surface area (TPSA) is 138 Å². The van der Waals surface area contributed by atoms with Crippen LogP contribution in [0, 0.1) is 35.0 Å². The Bertz CT molecular complexity index is 1860. The Morgan fingerprint density at radius 1 is 1.13 bits per heavy atom. The number of hydrogen-bond donors (Lipinski definition) is 4. The van der Waals surface area contributed by atoms with Crippen molar-refractivity contribution in [3.05, 3.63) is 83.3 Å². The SMILES string of the molecule is Cc1c(-c2cnco2)cccc1[C@H](Nc1cc(C#N)c2ncc(C#N)c(NCC(C)(C)C)c2c1)C1=CN(C2(C(F)F)CC2)NN1. The minimum atomic E-state index is -2.52. The maximum atomic E-state index is 14.0. The molecule has 2 aromatic heterocycles. The fraction of sp³-hybridized carbons (Fsp3) is 0.333. The van der Waals surface area contributed by atoms with Crippen molar-refractivity contribution in [2.45, 2.75) is 58.5 Å². The number of oxazole rings is 1. The van der Waals surface area contributed by atoms with E-state index in [0.717, 1.165) is 16.7 Å². The number of nitrogens with zero attached hydrogens (tertiary/aromatic N) is 5. The van der Waals surface area contributed by atoms with Crippen molar-refractivity contribution in [3.8, 4) is 23.5 Å². The molecule has 3 heterocycles. The fourth-order valence-corrected chi connectivity index (χ4v) is 5.58. The number of nitriles is 2. The molecule has 45 heavy (non-hydrogen) atoms. The van der Waals surface area contributed by atoms with Gasteiger partial charge < -0.3 is 20.5 Å². The van der Waals surface area contributed by atoms with Gasteiger partial charge in [0.1, 0.15) is 17.7 Å². The zero-order chi connectivity index (χ0) is 31.9. The third-order valence-electron chi connectivity index (χ3n) is 8.25. The van der Waals surface area contributed by atoms with Crippen molar-refractivity contribution in [2.24, 2.45) is 5.41 Å². The summed E-state index contributed by atoms with van der Waals surface area (Å²) >= 11 is 0. The predicted molar refractivity (Wildman–Crippen MR) is 166 cm³/mol. The molecule has 6 rings (SSSR count). The smallest absolute Gasteiger partial charge is 0.262 e. The molecule has 4 aromatic rings.